The standard InChI is InChI=1S/3C10H10O.C4H9NO.Ru/c3*1-9(11)7-8-10-5-3-2-4-6-10;1-3-6-4-2-5-1;/h3*2-8,11H,1H2;5H,1-4H2;/q;;;;+3/p-3. The molecule has 209 valence electrons. The summed E-state index contributed by atoms with van der Waals surface area (Å²) in [6.45, 7) is 13.5. The van der Waals surface area contributed by atoms with Crippen LogP contribution in [-0.4, -0.2) is 26.3 Å². The van der Waals surface area contributed by atoms with E-state index in [1.54, 1.807) is 18.2 Å². The molecule has 6 heteroatoms. The van der Waals surface area contributed by atoms with Crippen LogP contribution in [0.2, 0.25) is 0 Å². The zero-order valence-corrected chi connectivity index (χ0v) is 24.3. The predicted molar refractivity (Wildman–Crippen MR) is 158 cm³/mol. The van der Waals surface area contributed by atoms with E-state index < -0.39 is 0 Å². The molecule has 5 nitrogen and oxygen atoms in total. The van der Waals surface area contributed by atoms with Gasteiger partial charge in [0.2, 0.25) is 0 Å². The third-order valence-electron chi connectivity index (χ3n) is 4.63. The summed E-state index contributed by atoms with van der Waals surface area (Å²) in [5.41, 5.74) is 3.05. The number of morpholine rings is 1. The number of nitrogens with one attached hydrogen (secondary N) is 1. The first-order valence-electron chi connectivity index (χ1n) is 12.4. The van der Waals surface area contributed by atoms with E-state index in [9.17, 15) is 15.3 Å². The van der Waals surface area contributed by atoms with Crippen molar-refractivity contribution in [2.75, 3.05) is 26.3 Å². The van der Waals surface area contributed by atoms with E-state index in [1.807, 2.05) is 91.0 Å². The topological polar surface area (TPSA) is 90.4 Å². The van der Waals surface area contributed by atoms with Crippen LogP contribution in [0, 0.1) is 0 Å². The van der Waals surface area contributed by atoms with Gasteiger partial charge < -0.3 is 25.4 Å². The van der Waals surface area contributed by atoms with Crippen LogP contribution in [0.15, 0.2) is 146 Å². The molecule has 1 aliphatic heterocycles. The molecule has 0 saturated carbocycles. The number of hydrogen-bond acceptors (Lipinski definition) is 5. The second-order valence-electron chi connectivity index (χ2n) is 7.99. The molecule has 0 atom stereocenters. The summed E-state index contributed by atoms with van der Waals surface area (Å²) in [6.07, 6.45) is 9.60. The predicted octanol–water partition coefficient (Wildman–Crippen LogP) is 4.33. The summed E-state index contributed by atoms with van der Waals surface area (Å²) in [4.78, 5) is 0. The Bertz CT molecular complexity index is 1020. The van der Waals surface area contributed by atoms with Gasteiger partial charge in [0.25, 0.3) is 0 Å². The summed E-state index contributed by atoms with van der Waals surface area (Å²) in [6, 6.07) is 28.9. The summed E-state index contributed by atoms with van der Waals surface area (Å²) >= 11 is 0. The molecule has 1 saturated heterocycles. The van der Waals surface area contributed by atoms with Gasteiger partial charge >= 0.3 is 19.5 Å². The first kappa shape index (κ1) is 36.0. The molecule has 1 aliphatic rings. The summed E-state index contributed by atoms with van der Waals surface area (Å²) in [7, 11) is 0. The zero-order valence-electron chi connectivity index (χ0n) is 22.6. The molecule has 0 aromatic heterocycles. The molecule has 40 heavy (non-hydrogen) atoms. The van der Waals surface area contributed by atoms with E-state index in [0.29, 0.717) is 0 Å². The van der Waals surface area contributed by atoms with Crippen molar-refractivity contribution in [3.8, 4) is 0 Å². The van der Waals surface area contributed by atoms with E-state index in [1.165, 1.54) is 18.2 Å². The minimum absolute atomic E-state index is 0. The maximum Gasteiger partial charge on any atom is 3.00 e. The maximum atomic E-state index is 10.4. The molecule has 1 radical (unpaired) electrons. The zero-order chi connectivity index (χ0) is 28.6. The molecule has 4 rings (SSSR count). The summed E-state index contributed by atoms with van der Waals surface area (Å²) in [5.74, 6) is -0.517. The second-order valence-corrected chi connectivity index (χ2v) is 7.99. The second kappa shape index (κ2) is 24.1. The molecule has 3 aromatic rings. The van der Waals surface area contributed by atoms with Gasteiger partial charge in [-0.15, -0.1) is 37.0 Å². The van der Waals surface area contributed by atoms with Gasteiger partial charge in [-0.05, 0) is 16.7 Å². The first-order chi connectivity index (χ1) is 18.9. The fraction of sp³-hybridized carbons (Fsp3) is 0.118. The number of hydrogen-bond donors (Lipinski definition) is 1. The van der Waals surface area contributed by atoms with Gasteiger partial charge in [-0.1, -0.05) is 127 Å². The Labute approximate surface area is 251 Å². The summed E-state index contributed by atoms with van der Waals surface area (Å²) in [5, 5.41) is 34.4. The first-order valence-corrected chi connectivity index (χ1v) is 12.4. The van der Waals surface area contributed by atoms with Gasteiger partial charge in [0.1, 0.15) is 0 Å². The van der Waals surface area contributed by atoms with Crippen molar-refractivity contribution in [1.29, 1.82) is 0 Å². The van der Waals surface area contributed by atoms with Crippen molar-refractivity contribution in [2.24, 2.45) is 0 Å². The van der Waals surface area contributed by atoms with E-state index in [2.05, 4.69) is 25.1 Å². The van der Waals surface area contributed by atoms with Crippen LogP contribution >= 0.6 is 0 Å². The van der Waals surface area contributed by atoms with Gasteiger partial charge in [-0.2, -0.15) is 0 Å². The third-order valence-corrected chi connectivity index (χ3v) is 4.63. The molecule has 3 aromatic carbocycles. The van der Waals surface area contributed by atoms with Crippen molar-refractivity contribution < 1.29 is 39.5 Å². The molecule has 0 amide bonds. The van der Waals surface area contributed by atoms with Crippen molar-refractivity contribution >= 4 is 18.2 Å². The van der Waals surface area contributed by atoms with Crippen LogP contribution in [0.5, 0.6) is 0 Å². The Kier molecular flexibility index (Phi) is 21.7. The number of benzene rings is 3. The summed E-state index contributed by atoms with van der Waals surface area (Å²) < 4.78 is 5.01. The molecule has 0 aliphatic carbocycles. The monoisotopic (exact) mass is 624 g/mol. The largest absolute Gasteiger partial charge is 3.00 e. The Morgan fingerprint density at radius 1 is 0.550 bits per heavy atom. The van der Waals surface area contributed by atoms with Gasteiger partial charge in [0, 0.05) is 13.1 Å². The van der Waals surface area contributed by atoms with Gasteiger partial charge in [0.05, 0.1) is 13.2 Å². The number of ether oxygens (including phenoxy) is 1. The van der Waals surface area contributed by atoms with E-state index in [0.717, 1.165) is 43.0 Å². The molecule has 1 N–H and O–H groups in total. The van der Waals surface area contributed by atoms with E-state index >= 15 is 0 Å². The Morgan fingerprint density at radius 3 is 1.00 bits per heavy atom. The Hall–Kier alpha value is -3.96. The molecule has 1 fully saturated rings. The van der Waals surface area contributed by atoms with Gasteiger partial charge in [0.15, 0.2) is 0 Å². The fourth-order valence-corrected chi connectivity index (χ4v) is 2.78. The molecular formula is C34H36NO4Ru. The fourth-order valence-electron chi connectivity index (χ4n) is 2.78. The van der Waals surface area contributed by atoms with Crippen LogP contribution in [0.4, 0.5) is 0 Å². The molecule has 0 unspecified atom stereocenters. The van der Waals surface area contributed by atoms with Crippen LogP contribution in [0.1, 0.15) is 16.7 Å². The van der Waals surface area contributed by atoms with Crippen molar-refractivity contribution in [2.45, 2.75) is 0 Å². The molecular weight excluding hydrogens is 587 g/mol. The van der Waals surface area contributed by atoms with Crippen molar-refractivity contribution in [1.82, 2.24) is 5.32 Å². The van der Waals surface area contributed by atoms with Gasteiger partial charge in [-0.25, -0.2) is 0 Å². The number of rotatable bonds is 6. The maximum absolute atomic E-state index is 10.4. The number of allylic oxidation sites excluding steroid dienone is 3. The van der Waals surface area contributed by atoms with Crippen molar-refractivity contribution in [3.63, 3.8) is 0 Å². The third kappa shape index (κ3) is 22.1. The smallest absolute Gasteiger partial charge is 0.873 e. The Balaban J connectivity index is 0.000000513. The van der Waals surface area contributed by atoms with Crippen LogP contribution in [0.25, 0.3) is 18.2 Å². The SMILES string of the molecule is C1COCCN1.C=C([O-])C=Cc1ccccc1.C=C([O-])C=Cc1ccccc1.C=C([O-])C=Cc1ccccc1.[Ru+3]. The quantitative estimate of drug-likeness (QED) is 0.251. The molecule has 1 heterocycles. The minimum atomic E-state index is -0.172. The minimum Gasteiger partial charge on any atom is -0.873 e. The average Bonchev–Trinajstić information content (AvgIpc) is 2.97. The van der Waals surface area contributed by atoms with Crippen LogP contribution < -0.4 is 20.6 Å². The van der Waals surface area contributed by atoms with Gasteiger partial charge in [-0.3, -0.25) is 0 Å². The normalized spacial score (nSPS) is 12.0. The van der Waals surface area contributed by atoms with E-state index in [-0.39, 0.29) is 36.8 Å². The average molecular weight is 624 g/mol. The molecule has 0 bridgehead atoms. The Morgan fingerprint density at radius 2 is 0.825 bits per heavy atom. The molecule has 0 spiro atoms. The van der Waals surface area contributed by atoms with Crippen molar-refractivity contribution in [3.05, 3.63) is 163 Å². The van der Waals surface area contributed by atoms with Crippen LogP contribution in [-0.2, 0) is 24.2 Å². The van der Waals surface area contributed by atoms with E-state index in [4.69, 9.17) is 4.74 Å². The van der Waals surface area contributed by atoms with Crippen LogP contribution in [0.3, 0.4) is 0 Å².